The summed E-state index contributed by atoms with van der Waals surface area (Å²) in [4.78, 5) is 2.63. The normalized spacial score (nSPS) is 33.0. The molecule has 0 spiro atoms. The maximum Gasteiger partial charge on any atom is 0.0613 e. The monoisotopic (exact) mass is 256 g/mol. The van der Waals surface area contributed by atoms with E-state index in [0.717, 1.165) is 32.0 Å². The van der Waals surface area contributed by atoms with Gasteiger partial charge in [-0.1, -0.05) is 0 Å². The van der Waals surface area contributed by atoms with E-state index < -0.39 is 0 Å². The van der Waals surface area contributed by atoms with Gasteiger partial charge in [-0.3, -0.25) is 4.90 Å². The van der Waals surface area contributed by atoms with Gasteiger partial charge in [0.25, 0.3) is 0 Å². The van der Waals surface area contributed by atoms with Crippen molar-refractivity contribution in [1.29, 1.82) is 0 Å². The zero-order chi connectivity index (χ0) is 13.0. The number of nitrogens with zero attached hydrogens (tertiary/aromatic N) is 1. The molecule has 0 radical (unpaired) electrons. The second-order valence-electron chi connectivity index (χ2n) is 5.90. The quantitative estimate of drug-likeness (QED) is 0.713. The molecule has 0 aromatic carbocycles. The molecule has 0 heterocycles. The molecule has 2 rings (SSSR count). The van der Waals surface area contributed by atoms with E-state index in [2.05, 4.69) is 10.2 Å². The lowest BCUT2D eigenvalue weighted by Gasteiger charge is -2.44. The minimum absolute atomic E-state index is 0.0525. The molecular weight excluding hydrogens is 228 g/mol. The number of ether oxygens (including phenoxy) is 1. The molecule has 2 saturated carbocycles. The SMILES string of the molecule is CNC1(CO)CCCC(N(CCOC)C2CC2)C1. The van der Waals surface area contributed by atoms with E-state index in [0.29, 0.717) is 6.04 Å². The number of aliphatic hydroxyl groups is 1. The van der Waals surface area contributed by atoms with E-state index in [1.54, 1.807) is 7.11 Å². The fourth-order valence-corrected chi connectivity index (χ4v) is 3.33. The third-order valence-electron chi connectivity index (χ3n) is 4.69. The van der Waals surface area contributed by atoms with Crippen molar-refractivity contribution in [1.82, 2.24) is 10.2 Å². The highest BCUT2D eigenvalue weighted by atomic mass is 16.5. The van der Waals surface area contributed by atoms with E-state index in [1.807, 2.05) is 7.05 Å². The number of hydrogen-bond acceptors (Lipinski definition) is 4. The van der Waals surface area contributed by atoms with Crippen LogP contribution in [0.2, 0.25) is 0 Å². The summed E-state index contributed by atoms with van der Waals surface area (Å²) in [6.07, 6.45) is 7.32. The van der Waals surface area contributed by atoms with Gasteiger partial charge in [0.2, 0.25) is 0 Å². The van der Waals surface area contributed by atoms with Crippen LogP contribution in [-0.4, -0.2) is 61.5 Å². The fraction of sp³-hybridized carbons (Fsp3) is 1.00. The minimum Gasteiger partial charge on any atom is -0.394 e. The molecule has 106 valence electrons. The van der Waals surface area contributed by atoms with Crippen LogP contribution in [0.5, 0.6) is 0 Å². The first-order valence-electron chi connectivity index (χ1n) is 7.29. The van der Waals surface area contributed by atoms with Crippen LogP contribution in [0, 0.1) is 0 Å². The van der Waals surface area contributed by atoms with Crippen molar-refractivity contribution in [3.8, 4) is 0 Å². The summed E-state index contributed by atoms with van der Waals surface area (Å²) in [6.45, 7) is 2.11. The van der Waals surface area contributed by atoms with Gasteiger partial charge in [0.1, 0.15) is 0 Å². The van der Waals surface area contributed by atoms with Gasteiger partial charge < -0.3 is 15.2 Å². The number of nitrogens with one attached hydrogen (secondary N) is 1. The predicted molar refractivity (Wildman–Crippen MR) is 72.7 cm³/mol. The Morgan fingerprint density at radius 2 is 2.11 bits per heavy atom. The Morgan fingerprint density at radius 3 is 2.67 bits per heavy atom. The Labute approximate surface area is 111 Å². The molecule has 2 N–H and O–H groups in total. The van der Waals surface area contributed by atoms with Crippen molar-refractivity contribution < 1.29 is 9.84 Å². The average Bonchev–Trinajstić information content (AvgIpc) is 3.24. The Balaban J connectivity index is 1.96. The molecule has 0 saturated heterocycles. The fourth-order valence-electron chi connectivity index (χ4n) is 3.33. The summed E-state index contributed by atoms with van der Waals surface area (Å²) in [5, 5.41) is 13.0. The molecule has 2 unspecified atom stereocenters. The first kappa shape index (κ1) is 14.3. The van der Waals surface area contributed by atoms with Crippen molar-refractivity contribution >= 4 is 0 Å². The maximum absolute atomic E-state index is 9.67. The second kappa shape index (κ2) is 6.33. The van der Waals surface area contributed by atoms with Gasteiger partial charge in [0, 0.05) is 31.3 Å². The van der Waals surface area contributed by atoms with Crippen molar-refractivity contribution in [2.24, 2.45) is 0 Å². The van der Waals surface area contributed by atoms with Gasteiger partial charge in [-0.05, 0) is 45.6 Å². The van der Waals surface area contributed by atoms with Crippen molar-refractivity contribution in [3.05, 3.63) is 0 Å². The molecule has 2 aliphatic carbocycles. The van der Waals surface area contributed by atoms with Crippen LogP contribution < -0.4 is 5.32 Å². The summed E-state index contributed by atoms with van der Waals surface area (Å²) in [5.41, 5.74) is -0.0525. The van der Waals surface area contributed by atoms with E-state index in [9.17, 15) is 5.11 Å². The number of likely N-dealkylation sites (N-methyl/N-ethyl adjacent to an activating group) is 1. The molecule has 0 amide bonds. The number of rotatable bonds is 7. The first-order valence-corrected chi connectivity index (χ1v) is 7.29. The summed E-state index contributed by atoms with van der Waals surface area (Å²) >= 11 is 0. The van der Waals surface area contributed by atoms with Gasteiger partial charge in [0.15, 0.2) is 0 Å². The number of hydrogen-bond donors (Lipinski definition) is 2. The van der Waals surface area contributed by atoms with Gasteiger partial charge in [0.05, 0.1) is 13.2 Å². The standard InChI is InChI=1S/C14H28N2O2/c1-15-14(11-17)7-3-4-13(10-14)16(8-9-18-2)12-5-6-12/h12-13,15,17H,3-11H2,1-2H3. The van der Waals surface area contributed by atoms with Crippen LogP contribution in [0.3, 0.4) is 0 Å². The van der Waals surface area contributed by atoms with Gasteiger partial charge >= 0.3 is 0 Å². The van der Waals surface area contributed by atoms with Gasteiger partial charge in [-0.25, -0.2) is 0 Å². The molecule has 0 aliphatic heterocycles. The van der Waals surface area contributed by atoms with Gasteiger partial charge in [-0.2, -0.15) is 0 Å². The van der Waals surface area contributed by atoms with Crippen LogP contribution in [0.15, 0.2) is 0 Å². The zero-order valence-corrected chi connectivity index (χ0v) is 11.8. The van der Waals surface area contributed by atoms with E-state index in [1.165, 1.54) is 25.7 Å². The lowest BCUT2D eigenvalue weighted by Crippen LogP contribution is -2.55. The highest BCUT2D eigenvalue weighted by Crippen LogP contribution is 2.36. The highest BCUT2D eigenvalue weighted by Gasteiger charge is 2.40. The zero-order valence-electron chi connectivity index (χ0n) is 11.8. The Kier molecular flexibility index (Phi) is 5.01. The predicted octanol–water partition coefficient (Wildman–Crippen LogP) is 0.990. The Morgan fingerprint density at radius 1 is 1.33 bits per heavy atom. The molecule has 2 atom stereocenters. The van der Waals surface area contributed by atoms with E-state index >= 15 is 0 Å². The molecule has 2 fully saturated rings. The van der Waals surface area contributed by atoms with Crippen LogP contribution in [0.4, 0.5) is 0 Å². The molecule has 0 bridgehead atoms. The Bertz CT molecular complexity index is 252. The molecule has 4 nitrogen and oxygen atoms in total. The van der Waals surface area contributed by atoms with Gasteiger partial charge in [-0.15, -0.1) is 0 Å². The van der Waals surface area contributed by atoms with Crippen LogP contribution in [-0.2, 0) is 4.74 Å². The van der Waals surface area contributed by atoms with E-state index in [4.69, 9.17) is 4.74 Å². The number of aliphatic hydroxyl groups excluding tert-OH is 1. The lowest BCUT2D eigenvalue weighted by atomic mass is 9.79. The summed E-state index contributed by atoms with van der Waals surface area (Å²) in [7, 11) is 3.76. The largest absolute Gasteiger partial charge is 0.394 e. The number of methoxy groups -OCH3 is 1. The highest BCUT2D eigenvalue weighted by molar-refractivity contribution is 4.98. The summed E-state index contributed by atoms with van der Waals surface area (Å²) in [6, 6.07) is 1.39. The third kappa shape index (κ3) is 3.23. The molecular formula is C14H28N2O2. The minimum atomic E-state index is -0.0525. The molecule has 2 aliphatic rings. The molecule has 18 heavy (non-hydrogen) atoms. The Hall–Kier alpha value is -0.160. The second-order valence-corrected chi connectivity index (χ2v) is 5.90. The van der Waals surface area contributed by atoms with E-state index in [-0.39, 0.29) is 12.1 Å². The summed E-state index contributed by atoms with van der Waals surface area (Å²) in [5.74, 6) is 0. The molecule has 0 aromatic heterocycles. The smallest absolute Gasteiger partial charge is 0.0613 e. The average molecular weight is 256 g/mol. The van der Waals surface area contributed by atoms with Crippen molar-refractivity contribution in [2.45, 2.75) is 56.1 Å². The lowest BCUT2D eigenvalue weighted by molar-refractivity contribution is 0.0451. The molecule has 4 heteroatoms. The van der Waals surface area contributed by atoms with Crippen molar-refractivity contribution in [3.63, 3.8) is 0 Å². The molecule has 0 aromatic rings. The maximum atomic E-state index is 9.67. The summed E-state index contributed by atoms with van der Waals surface area (Å²) < 4.78 is 5.24. The first-order chi connectivity index (χ1) is 8.74. The van der Waals surface area contributed by atoms with Crippen molar-refractivity contribution in [2.75, 3.05) is 33.9 Å². The topological polar surface area (TPSA) is 44.7 Å². The third-order valence-corrected chi connectivity index (χ3v) is 4.69. The van der Waals surface area contributed by atoms with Crippen LogP contribution in [0.25, 0.3) is 0 Å². The van der Waals surface area contributed by atoms with Crippen LogP contribution >= 0.6 is 0 Å². The van der Waals surface area contributed by atoms with Crippen LogP contribution in [0.1, 0.15) is 38.5 Å².